The van der Waals surface area contributed by atoms with Gasteiger partial charge in [-0.2, -0.15) is 5.10 Å². The molecule has 6 aromatic rings. The van der Waals surface area contributed by atoms with Crippen LogP contribution in [0.3, 0.4) is 0 Å². The monoisotopic (exact) mass is 577 g/mol. The van der Waals surface area contributed by atoms with Crippen molar-refractivity contribution >= 4 is 39.4 Å². The Labute approximate surface area is 245 Å². The molecular weight excluding hydrogens is 554 g/mol. The van der Waals surface area contributed by atoms with Gasteiger partial charge in [-0.3, -0.25) is 9.36 Å². The van der Waals surface area contributed by atoms with Gasteiger partial charge in [0.15, 0.2) is 5.65 Å². The van der Waals surface area contributed by atoms with Crippen LogP contribution in [-0.2, 0) is 17.8 Å². The van der Waals surface area contributed by atoms with Gasteiger partial charge in [-0.1, -0.05) is 47.7 Å². The fourth-order valence-electron chi connectivity index (χ4n) is 4.79. The molecule has 0 radical (unpaired) electrons. The minimum Gasteiger partial charge on any atom is -0.508 e. The van der Waals surface area contributed by atoms with E-state index < -0.39 is 0 Å². The molecule has 3 aromatic heterocycles. The SMILES string of the molecule is COCC#Cc1cccc2nc(Cn3nc(-c4ccc(O)cc4)c4c(N)ncnc43)n(Cc3ccccc3Cl)c(=O)c12. The first kappa shape index (κ1) is 27.0. The molecule has 3 heterocycles. The van der Waals surface area contributed by atoms with Gasteiger partial charge < -0.3 is 15.6 Å². The van der Waals surface area contributed by atoms with Crippen molar-refractivity contribution < 1.29 is 9.84 Å². The molecule has 10 nitrogen and oxygen atoms in total. The molecule has 0 amide bonds. The summed E-state index contributed by atoms with van der Waals surface area (Å²) in [5.41, 5.74) is 9.57. The lowest BCUT2D eigenvalue weighted by molar-refractivity contribution is 0.240. The topological polar surface area (TPSA) is 134 Å². The molecule has 0 fully saturated rings. The summed E-state index contributed by atoms with van der Waals surface area (Å²) in [4.78, 5) is 27.7. The molecule has 0 spiro atoms. The maximum Gasteiger partial charge on any atom is 0.263 e. The number of phenols is 1. The van der Waals surface area contributed by atoms with E-state index in [9.17, 15) is 9.90 Å². The summed E-state index contributed by atoms with van der Waals surface area (Å²) in [6.45, 7) is 0.508. The Balaban J connectivity index is 1.56. The molecule has 42 heavy (non-hydrogen) atoms. The second-order valence-corrected chi connectivity index (χ2v) is 9.86. The zero-order valence-corrected chi connectivity index (χ0v) is 23.2. The maximum atomic E-state index is 14.2. The first-order valence-electron chi connectivity index (χ1n) is 12.9. The number of nitrogens with zero attached hydrogens (tertiary/aromatic N) is 6. The van der Waals surface area contributed by atoms with Gasteiger partial charge in [-0.15, -0.1) is 0 Å². The molecule has 0 unspecified atom stereocenters. The van der Waals surface area contributed by atoms with Crippen molar-refractivity contribution in [2.45, 2.75) is 13.1 Å². The molecule has 0 aliphatic heterocycles. The summed E-state index contributed by atoms with van der Waals surface area (Å²) in [7, 11) is 1.56. The van der Waals surface area contributed by atoms with Crippen LogP contribution in [-0.4, -0.2) is 48.1 Å². The molecular formula is C31H24ClN7O3. The summed E-state index contributed by atoms with van der Waals surface area (Å²) in [5, 5.41) is 16.1. The second kappa shape index (κ2) is 11.3. The zero-order chi connectivity index (χ0) is 29.2. The average molecular weight is 578 g/mol. The van der Waals surface area contributed by atoms with Crippen LogP contribution in [0.15, 0.2) is 77.9 Å². The number of hydrogen-bond donors (Lipinski definition) is 2. The Kier molecular flexibility index (Phi) is 7.27. The van der Waals surface area contributed by atoms with E-state index in [2.05, 4.69) is 21.8 Å². The highest BCUT2D eigenvalue weighted by molar-refractivity contribution is 6.31. The lowest BCUT2D eigenvalue weighted by Gasteiger charge is -2.15. The molecule has 208 valence electrons. The number of hydrogen-bond acceptors (Lipinski definition) is 8. The Morgan fingerprint density at radius 2 is 1.81 bits per heavy atom. The molecule has 0 aliphatic rings. The molecule has 0 aliphatic carbocycles. The minimum absolute atomic E-state index is 0.0975. The predicted molar refractivity (Wildman–Crippen MR) is 161 cm³/mol. The zero-order valence-electron chi connectivity index (χ0n) is 22.5. The van der Waals surface area contributed by atoms with Gasteiger partial charge in [0.25, 0.3) is 5.56 Å². The van der Waals surface area contributed by atoms with Crippen LogP contribution in [0.4, 0.5) is 5.82 Å². The Bertz CT molecular complexity index is 2080. The second-order valence-electron chi connectivity index (χ2n) is 9.46. The van der Waals surface area contributed by atoms with Crippen molar-refractivity contribution in [3.8, 4) is 28.8 Å². The first-order chi connectivity index (χ1) is 20.4. The Hall–Kier alpha value is -5.24. The molecule has 0 saturated heterocycles. The fraction of sp³-hybridized carbons (Fsp3) is 0.129. The summed E-state index contributed by atoms with van der Waals surface area (Å²) in [5.74, 6) is 6.78. The van der Waals surface area contributed by atoms with Crippen LogP contribution >= 0.6 is 11.6 Å². The Morgan fingerprint density at radius 1 is 1.00 bits per heavy atom. The van der Waals surface area contributed by atoms with Gasteiger partial charge in [-0.05, 0) is 48.0 Å². The third-order valence-electron chi connectivity index (χ3n) is 6.78. The lowest BCUT2D eigenvalue weighted by Crippen LogP contribution is -2.28. The van der Waals surface area contributed by atoms with E-state index in [1.165, 1.54) is 6.33 Å². The average Bonchev–Trinajstić information content (AvgIpc) is 3.36. The van der Waals surface area contributed by atoms with Crippen LogP contribution in [0.5, 0.6) is 5.75 Å². The van der Waals surface area contributed by atoms with Gasteiger partial charge in [0.05, 0.1) is 22.8 Å². The predicted octanol–water partition coefficient (Wildman–Crippen LogP) is 4.24. The van der Waals surface area contributed by atoms with Gasteiger partial charge in [0.2, 0.25) is 0 Å². The number of benzene rings is 3. The summed E-state index contributed by atoms with van der Waals surface area (Å²) >= 11 is 6.51. The lowest BCUT2D eigenvalue weighted by atomic mass is 10.1. The van der Waals surface area contributed by atoms with Crippen LogP contribution in [0.25, 0.3) is 33.2 Å². The van der Waals surface area contributed by atoms with E-state index in [1.54, 1.807) is 58.8 Å². The van der Waals surface area contributed by atoms with E-state index in [4.69, 9.17) is 32.2 Å². The van der Waals surface area contributed by atoms with Crippen molar-refractivity contribution in [3.63, 3.8) is 0 Å². The Morgan fingerprint density at radius 3 is 2.60 bits per heavy atom. The van der Waals surface area contributed by atoms with Crippen molar-refractivity contribution in [2.24, 2.45) is 0 Å². The van der Waals surface area contributed by atoms with Crippen LogP contribution < -0.4 is 11.3 Å². The van der Waals surface area contributed by atoms with Crippen molar-refractivity contribution in [2.75, 3.05) is 19.5 Å². The van der Waals surface area contributed by atoms with E-state index >= 15 is 0 Å². The molecule has 3 N–H and O–H groups in total. The normalized spacial score (nSPS) is 11.1. The quantitative estimate of drug-likeness (QED) is 0.281. The largest absolute Gasteiger partial charge is 0.508 e. The minimum atomic E-state index is -0.262. The highest BCUT2D eigenvalue weighted by atomic mass is 35.5. The van der Waals surface area contributed by atoms with Gasteiger partial charge >= 0.3 is 0 Å². The van der Waals surface area contributed by atoms with Gasteiger partial charge in [-0.25, -0.2) is 19.6 Å². The summed E-state index contributed by atoms with van der Waals surface area (Å²) in [6.07, 6.45) is 1.37. The van der Waals surface area contributed by atoms with E-state index in [0.29, 0.717) is 44.0 Å². The van der Waals surface area contributed by atoms with Crippen molar-refractivity contribution in [3.05, 3.63) is 105 Å². The van der Waals surface area contributed by atoms with Gasteiger partial charge in [0.1, 0.15) is 42.6 Å². The molecule has 0 saturated carbocycles. The van der Waals surface area contributed by atoms with Crippen LogP contribution in [0.1, 0.15) is 17.0 Å². The summed E-state index contributed by atoms with van der Waals surface area (Å²) in [6, 6.07) is 19.4. The number of aromatic hydroxyl groups is 1. The highest BCUT2D eigenvalue weighted by Crippen LogP contribution is 2.31. The summed E-state index contributed by atoms with van der Waals surface area (Å²) < 4.78 is 8.30. The molecule has 11 heteroatoms. The number of rotatable bonds is 6. The standard InChI is InChI=1S/C31H24ClN7O3/c1-42-15-5-8-19-7-4-10-24-26(19)31(41)38(16-21-6-2-3-9-23(21)32)25(36-24)17-39-30-27(29(33)34-18-35-30)28(37-39)20-11-13-22(40)14-12-20/h2-4,6-7,9-14,18,40H,15-17H2,1H3,(H2,33,34,35). The number of aromatic nitrogens is 6. The molecule has 0 atom stereocenters. The van der Waals surface area contributed by atoms with Gasteiger partial charge in [0, 0.05) is 23.3 Å². The molecule has 0 bridgehead atoms. The van der Waals surface area contributed by atoms with Crippen molar-refractivity contribution in [1.29, 1.82) is 0 Å². The number of nitrogens with two attached hydrogens (primary N) is 1. The fourth-order valence-corrected chi connectivity index (χ4v) is 4.99. The number of halogens is 1. The number of nitrogen functional groups attached to an aromatic ring is 1. The number of methoxy groups -OCH3 is 1. The smallest absolute Gasteiger partial charge is 0.263 e. The van der Waals surface area contributed by atoms with Crippen molar-refractivity contribution in [1.82, 2.24) is 29.3 Å². The number of ether oxygens (including phenoxy) is 1. The third kappa shape index (κ3) is 5.03. The number of anilines is 1. The first-order valence-corrected chi connectivity index (χ1v) is 13.3. The highest BCUT2D eigenvalue weighted by Gasteiger charge is 2.21. The van der Waals surface area contributed by atoms with E-state index in [-0.39, 0.29) is 36.8 Å². The molecule has 6 rings (SSSR count). The van der Waals surface area contributed by atoms with E-state index in [1.807, 2.05) is 24.3 Å². The number of fused-ring (bicyclic) bond motifs is 2. The van der Waals surface area contributed by atoms with Crippen LogP contribution in [0.2, 0.25) is 5.02 Å². The molecule has 3 aromatic carbocycles. The maximum absolute atomic E-state index is 14.2. The van der Waals surface area contributed by atoms with Crippen LogP contribution in [0, 0.1) is 11.8 Å². The third-order valence-corrected chi connectivity index (χ3v) is 7.15. The number of phenolic OH excluding ortho intramolecular Hbond substituents is 1. The van der Waals surface area contributed by atoms with E-state index in [0.717, 1.165) is 11.1 Å².